The van der Waals surface area contributed by atoms with Gasteiger partial charge in [-0.2, -0.15) is 13.2 Å². The van der Waals surface area contributed by atoms with E-state index < -0.39 is 18.5 Å². The molecule has 0 radical (unpaired) electrons. The molecular weight excluding hydrogens is 249 g/mol. The van der Waals surface area contributed by atoms with Crippen LogP contribution in [0.15, 0.2) is 29.3 Å². The first-order chi connectivity index (χ1) is 8.27. The molecular formula is C11H11F3N2O2. The highest BCUT2D eigenvalue weighted by molar-refractivity contribution is 5.99. The molecule has 1 aromatic carbocycles. The summed E-state index contributed by atoms with van der Waals surface area (Å²) in [4.78, 5) is 8.02. The number of hydrogen-bond acceptors (Lipinski definition) is 4. The number of benzene rings is 1. The van der Waals surface area contributed by atoms with E-state index in [2.05, 4.69) is 15.3 Å². The SMILES string of the molecule is Cc1ccc(C2=NC(O)(CC(F)(F)F)ON2)cc1. The minimum absolute atomic E-state index is 0.0711. The van der Waals surface area contributed by atoms with Crippen LogP contribution < -0.4 is 5.48 Å². The molecule has 1 aliphatic heterocycles. The predicted molar refractivity (Wildman–Crippen MR) is 57.6 cm³/mol. The first-order valence-electron chi connectivity index (χ1n) is 5.17. The van der Waals surface area contributed by atoms with Gasteiger partial charge in [0.2, 0.25) is 0 Å². The summed E-state index contributed by atoms with van der Waals surface area (Å²) < 4.78 is 36.6. The van der Waals surface area contributed by atoms with Crippen LogP contribution in [0.2, 0.25) is 0 Å². The molecule has 0 saturated heterocycles. The van der Waals surface area contributed by atoms with Gasteiger partial charge in [-0.1, -0.05) is 29.8 Å². The third kappa shape index (κ3) is 2.99. The Balaban J connectivity index is 2.20. The summed E-state index contributed by atoms with van der Waals surface area (Å²) in [7, 11) is 0. The third-order valence-electron chi connectivity index (χ3n) is 2.35. The van der Waals surface area contributed by atoms with Gasteiger partial charge < -0.3 is 5.11 Å². The number of aryl methyl sites for hydroxylation is 1. The average molecular weight is 260 g/mol. The van der Waals surface area contributed by atoms with Crippen LogP contribution in [-0.2, 0) is 4.84 Å². The van der Waals surface area contributed by atoms with Crippen molar-refractivity contribution in [2.75, 3.05) is 0 Å². The van der Waals surface area contributed by atoms with Gasteiger partial charge in [-0.25, -0.2) is 15.3 Å². The van der Waals surface area contributed by atoms with Crippen molar-refractivity contribution in [3.8, 4) is 0 Å². The quantitative estimate of drug-likeness (QED) is 0.853. The Morgan fingerprint density at radius 1 is 1.33 bits per heavy atom. The van der Waals surface area contributed by atoms with Gasteiger partial charge in [-0.3, -0.25) is 0 Å². The summed E-state index contributed by atoms with van der Waals surface area (Å²) in [6.07, 6.45) is -6.13. The molecule has 2 N–H and O–H groups in total. The van der Waals surface area contributed by atoms with Crippen LogP contribution in [-0.4, -0.2) is 23.0 Å². The number of halogens is 3. The Labute approximate surface area is 101 Å². The molecule has 0 fully saturated rings. The lowest BCUT2D eigenvalue weighted by Crippen LogP contribution is -2.35. The van der Waals surface area contributed by atoms with Crippen molar-refractivity contribution >= 4 is 5.84 Å². The van der Waals surface area contributed by atoms with E-state index in [-0.39, 0.29) is 5.84 Å². The summed E-state index contributed by atoms with van der Waals surface area (Å²) in [5.41, 5.74) is 3.75. The fourth-order valence-electron chi connectivity index (χ4n) is 1.52. The molecule has 1 atom stereocenters. The molecule has 18 heavy (non-hydrogen) atoms. The van der Waals surface area contributed by atoms with E-state index >= 15 is 0 Å². The molecule has 0 aromatic heterocycles. The van der Waals surface area contributed by atoms with Gasteiger partial charge in [0.1, 0.15) is 6.42 Å². The van der Waals surface area contributed by atoms with Crippen LogP contribution in [0.4, 0.5) is 13.2 Å². The van der Waals surface area contributed by atoms with E-state index in [0.29, 0.717) is 5.56 Å². The van der Waals surface area contributed by atoms with Crippen molar-refractivity contribution in [2.24, 2.45) is 4.99 Å². The maximum Gasteiger partial charge on any atom is 0.396 e. The second-order valence-corrected chi connectivity index (χ2v) is 4.07. The number of hydroxylamine groups is 1. The Morgan fingerprint density at radius 3 is 2.50 bits per heavy atom. The van der Waals surface area contributed by atoms with Gasteiger partial charge in [0.05, 0.1) is 0 Å². The summed E-state index contributed by atoms with van der Waals surface area (Å²) in [5, 5.41) is 9.52. The summed E-state index contributed by atoms with van der Waals surface area (Å²) >= 11 is 0. The first-order valence-corrected chi connectivity index (χ1v) is 5.17. The summed E-state index contributed by atoms with van der Waals surface area (Å²) in [5.74, 6) is -2.53. The number of aliphatic hydroxyl groups is 1. The van der Waals surface area contributed by atoms with Crippen molar-refractivity contribution in [1.82, 2.24) is 5.48 Å². The number of alkyl halides is 3. The minimum Gasteiger partial charge on any atom is -0.346 e. The van der Waals surface area contributed by atoms with Crippen molar-refractivity contribution in [2.45, 2.75) is 25.4 Å². The molecule has 2 rings (SSSR count). The number of nitrogens with zero attached hydrogens (tertiary/aromatic N) is 1. The van der Waals surface area contributed by atoms with Crippen molar-refractivity contribution < 1.29 is 23.1 Å². The zero-order valence-electron chi connectivity index (χ0n) is 9.45. The Bertz CT molecular complexity index is 470. The fourth-order valence-corrected chi connectivity index (χ4v) is 1.52. The highest BCUT2D eigenvalue weighted by Gasteiger charge is 2.46. The van der Waals surface area contributed by atoms with Crippen molar-refractivity contribution in [3.63, 3.8) is 0 Å². The van der Waals surface area contributed by atoms with E-state index in [9.17, 15) is 18.3 Å². The van der Waals surface area contributed by atoms with Crippen LogP contribution in [0, 0.1) is 6.92 Å². The predicted octanol–water partition coefficient (Wildman–Crippen LogP) is 1.87. The second-order valence-electron chi connectivity index (χ2n) is 4.07. The molecule has 1 unspecified atom stereocenters. The number of aliphatic imine (C=N–C) groups is 1. The molecule has 0 aliphatic carbocycles. The van der Waals surface area contributed by atoms with Crippen LogP contribution >= 0.6 is 0 Å². The molecule has 7 heteroatoms. The monoisotopic (exact) mass is 260 g/mol. The number of nitrogens with one attached hydrogen (secondary N) is 1. The number of rotatable bonds is 2. The molecule has 1 aromatic rings. The summed E-state index contributed by atoms with van der Waals surface area (Å²) in [6, 6.07) is 6.90. The lowest BCUT2D eigenvalue weighted by Gasteiger charge is -2.17. The maximum atomic E-state index is 12.2. The van der Waals surface area contributed by atoms with Crippen molar-refractivity contribution in [1.29, 1.82) is 0 Å². The highest BCUT2D eigenvalue weighted by atomic mass is 19.4. The van der Waals surface area contributed by atoms with Crippen LogP contribution in [0.1, 0.15) is 17.5 Å². The molecule has 98 valence electrons. The third-order valence-corrected chi connectivity index (χ3v) is 2.35. The van der Waals surface area contributed by atoms with Crippen LogP contribution in [0.3, 0.4) is 0 Å². The Hall–Kier alpha value is -1.60. The smallest absolute Gasteiger partial charge is 0.346 e. The minimum atomic E-state index is -4.57. The number of amidine groups is 1. The molecule has 4 nitrogen and oxygen atoms in total. The molecule has 0 bridgehead atoms. The van der Waals surface area contributed by atoms with Crippen LogP contribution in [0.25, 0.3) is 0 Å². The number of hydrogen-bond donors (Lipinski definition) is 2. The van der Waals surface area contributed by atoms with Gasteiger partial charge in [-0.05, 0) is 6.92 Å². The molecule has 1 heterocycles. The molecule has 0 saturated carbocycles. The van der Waals surface area contributed by atoms with E-state index in [1.54, 1.807) is 24.3 Å². The van der Waals surface area contributed by atoms with E-state index in [4.69, 9.17) is 0 Å². The Kier molecular flexibility index (Phi) is 3.04. The van der Waals surface area contributed by atoms with E-state index in [0.717, 1.165) is 5.56 Å². The second kappa shape index (κ2) is 4.25. The van der Waals surface area contributed by atoms with Gasteiger partial charge in [-0.15, -0.1) is 0 Å². The van der Waals surface area contributed by atoms with Crippen LogP contribution in [0.5, 0.6) is 0 Å². The standard InChI is InChI=1S/C11H11F3N2O2/c1-7-2-4-8(5-3-7)9-15-11(17,18-16-9)6-10(12,13)14/h2-5,17H,6H2,1H3,(H,15,16). The largest absolute Gasteiger partial charge is 0.396 e. The lowest BCUT2D eigenvalue weighted by atomic mass is 10.1. The average Bonchev–Trinajstić information content (AvgIpc) is 2.58. The zero-order valence-corrected chi connectivity index (χ0v) is 9.45. The van der Waals surface area contributed by atoms with Gasteiger partial charge in [0.25, 0.3) is 5.91 Å². The highest BCUT2D eigenvalue weighted by Crippen LogP contribution is 2.31. The maximum absolute atomic E-state index is 12.2. The van der Waals surface area contributed by atoms with Crippen molar-refractivity contribution in [3.05, 3.63) is 35.4 Å². The fraction of sp³-hybridized carbons (Fsp3) is 0.364. The molecule has 0 amide bonds. The first kappa shape index (κ1) is 12.8. The van der Waals surface area contributed by atoms with E-state index in [1.807, 2.05) is 6.92 Å². The topological polar surface area (TPSA) is 53.9 Å². The van der Waals surface area contributed by atoms with Gasteiger partial charge in [0.15, 0.2) is 5.84 Å². The normalized spacial score (nSPS) is 23.7. The summed E-state index contributed by atoms with van der Waals surface area (Å²) in [6.45, 7) is 1.88. The van der Waals surface area contributed by atoms with Gasteiger partial charge in [0, 0.05) is 5.56 Å². The lowest BCUT2D eigenvalue weighted by molar-refractivity contribution is -0.266. The molecule has 1 aliphatic rings. The van der Waals surface area contributed by atoms with E-state index in [1.165, 1.54) is 0 Å². The molecule has 0 spiro atoms. The Morgan fingerprint density at radius 2 is 1.94 bits per heavy atom. The zero-order chi connectivity index (χ0) is 13.4. The van der Waals surface area contributed by atoms with Gasteiger partial charge >= 0.3 is 6.18 Å².